The first kappa shape index (κ1) is 24.2. The van der Waals surface area contributed by atoms with Gasteiger partial charge in [0.1, 0.15) is 5.69 Å². The molecule has 9 nitrogen and oxygen atoms in total. The van der Waals surface area contributed by atoms with E-state index in [4.69, 9.17) is 0 Å². The van der Waals surface area contributed by atoms with Crippen molar-refractivity contribution < 1.29 is 18.1 Å². The number of rotatable bonds is 6. The molecule has 2 heterocycles. The maximum absolute atomic E-state index is 13.0. The van der Waals surface area contributed by atoms with E-state index in [1.807, 2.05) is 4.90 Å². The molecule has 0 unspecified atom stereocenters. The van der Waals surface area contributed by atoms with Crippen LogP contribution in [0, 0.1) is 17.0 Å². The minimum Gasteiger partial charge on any atom is -0.366 e. The zero-order valence-electron chi connectivity index (χ0n) is 19.3. The number of hydrogen-bond acceptors (Lipinski definition) is 6. The highest BCUT2D eigenvalue weighted by atomic mass is 32.2. The van der Waals surface area contributed by atoms with Crippen LogP contribution in [0.5, 0.6) is 0 Å². The Hall–Kier alpha value is -2.98. The predicted octanol–water partition coefficient (Wildman–Crippen LogP) is 4.32. The molecule has 182 valence electrons. The van der Waals surface area contributed by atoms with Gasteiger partial charge in [0.2, 0.25) is 10.0 Å². The van der Waals surface area contributed by atoms with E-state index < -0.39 is 20.9 Å². The van der Waals surface area contributed by atoms with Crippen LogP contribution in [0.1, 0.15) is 54.4 Å². The molecule has 2 aliphatic heterocycles. The number of carbonyl (C=O) groups is 1. The summed E-state index contributed by atoms with van der Waals surface area (Å²) < 4.78 is 27.6. The van der Waals surface area contributed by atoms with Crippen LogP contribution in [0.3, 0.4) is 0 Å². The molecular weight excluding hydrogens is 456 g/mol. The molecule has 2 aliphatic rings. The summed E-state index contributed by atoms with van der Waals surface area (Å²) in [5.74, 6) is -0.524. The number of sulfonamides is 1. The first-order valence-electron chi connectivity index (χ1n) is 11.7. The molecule has 0 aliphatic carbocycles. The van der Waals surface area contributed by atoms with Gasteiger partial charge in [-0.1, -0.05) is 12.5 Å². The lowest BCUT2D eigenvalue weighted by atomic mass is 10.1. The summed E-state index contributed by atoms with van der Waals surface area (Å²) in [6.07, 6.45) is 5.76. The van der Waals surface area contributed by atoms with E-state index in [1.54, 1.807) is 31.2 Å². The van der Waals surface area contributed by atoms with Crippen LogP contribution in [0.15, 0.2) is 41.3 Å². The number of piperidine rings is 2. The van der Waals surface area contributed by atoms with Gasteiger partial charge in [0, 0.05) is 43.5 Å². The van der Waals surface area contributed by atoms with Crippen molar-refractivity contribution in [3.05, 3.63) is 57.6 Å². The lowest BCUT2D eigenvalue weighted by Crippen LogP contribution is -2.35. The minimum atomic E-state index is -3.65. The third-order valence-corrected chi connectivity index (χ3v) is 8.44. The van der Waals surface area contributed by atoms with Crippen molar-refractivity contribution in [2.75, 3.05) is 36.4 Å². The van der Waals surface area contributed by atoms with Gasteiger partial charge in [-0.25, -0.2) is 8.42 Å². The van der Waals surface area contributed by atoms with Gasteiger partial charge in [-0.05, 0) is 68.9 Å². The van der Waals surface area contributed by atoms with Gasteiger partial charge in [0.15, 0.2) is 0 Å². The third kappa shape index (κ3) is 5.07. The fraction of sp³-hybridized carbons (Fsp3) is 0.458. The molecule has 0 bridgehead atoms. The van der Waals surface area contributed by atoms with E-state index in [0.717, 1.165) is 51.6 Å². The maximum atomic E-state index is 13.0. The largest absolute Gasteiger partial charge is 0.366 e. The molecule has 0 aromatic heterocycles. The Balaban J connectivity index is 1.58. The summed E-state index contributed by atoms with van der Waals surface area (Å²) in [5.41, 5.74) is 1.63. The topological polar surface area (TPSA) is 113 Å². The number of nitrogens with one attached hydrogen (secondary N) is 1. The van der Waals surface area contributed by atoms with E-state index in [1.165, 1.54) is 16.4 Å². The Morgan fingerprint density at radius 2 is 1.59 bits per heavy atom. The highest BCUT2D eigenvalue weighted by Crippen LogP contribution is 2.32. The van der Waals surface area contributed by atoms with Crippen LogP contribution in [0.2, 0.25) is 0 Å². The molecule has 10 heteroatoms. The highest BCUT2D eigenvalue weighted by molar-refractivity contribution is 7.89. The van der Waals surface area contributed by atoms with E-state index in [2.05, 4.69) is 5.32 Å². The smallest absolute Gasteiger partial charge is 0.293 e. The summed E-state index contributed by atoms with van der Waals surface area (Å²) in [6, 6.07) is 9.18. The Labute approximate surface area is 200 Å². The lowest BCUT2D eigenvalue weighted by molar-refractivity contribution is -0.384. The molecule has 34 heavy (non-hydrogen) atoms. The van der Waals surface area contributed by atoms with Crippen molar-refractivity contribution >= 4 is 33.0 Å². The molecule has 0 spiro atoms. The van der Waals surface area contributed by atoms with Gasteiger partial charge < -0.3 is 10.2 Å². The Kier molecular flexibility index (Phi) is 7.18. The van der Waals surface area contributed by atoms with Crippen LogP contribution in [0.4, 0.5) is 17.1 Å². The fourth-order valence-corrected chi connectivity index (χ4v) is 6.10. The fourth-order valence-electron chi connectivity index (χ4n) is 4.56. The van der Waals surface area contributed by atoms with E-state index >= 15 is 0 Å². The van der Waals surface area contributed by atoms with Gasteiger partial charge in [0.05, 0.1) is 9.82 Å². The third-order valence-electron chi connectivity index (χ3n) is 6.54. The zero-order chi connectivity index (χ0) is 24.3. The highest BCUT2D eigenvalue weighted by Gasteiger charge is 2.27. The number of benzene rings is 2. The van der Waals surface area contributed by atoms with Crippen LogP contribution in [-0.2, 0) is 10.0 Å². The van der Waals surface area contributed by atoms with Gasteiger partial charge >= 0.3 is 0 Å². The average Bonchev–Trinajstić information content (AvgIpc) is 2.86. The van der Waals surface area contributed by atoms with Gasteiger partial charge in [-0.3, -0.25) is 14.9 Å². The second kappa shape index (κ2) is 10.1. The van der Waals surface area contributed by atoms with Crippen LogP contribution < -0.4 is 10.2 Å². The predicted molar refractivity (Wildman–Crippen MR) is 131 cm³/mol. The van der Waals surface area contributed by atoms with Crippen molar-refractivity contribution in [3.8, 4) is 0 Å². The SMILES string of the molecule is Cc1ccc(S(=O)(=O)N2CCCCC2)cc1NC(=O)c1ccc(N2CCCCC2)c([N+](=O)[O-])c1. The van der Waals surface area contributed by atoms with Gasteiger partial charge in [-0.2, -0.15) is 4.31 Å². The molecule has 0 saturated carbocycles. The minimum absolute atomic E-state index is 0.104. The molecule has 0 atom stereocenters. The first-order chi connectivity index (χ1) is 16.3. The summed E-state index contributed by atoms with van der Waals surface area (Å²) in [4.78, 5) is 26.4. The molecule has 2 saturated heterocycles. The van der Waals surface area contributed by atoms with E-state index in [-0.39, 0.29) is 16.1 Å². The molecule has 2 aromatic rings. The standard InChI is InChI=1S/C24H30N4O5S/c1-18-8-10-20(34(32,33)27-14-6-3-7-15-27)17-21(18)25-24(29)19-9-11-22(23(16-19)28(30)31)26-12-4-2-5-13-26/h8-11,16-17H,2-7,12-15H2,1H3,(H,25,29). The van der Waals surface area contributed by atoms with Crippen LogP contribution in [-0.4, -0.2) is 49.7 Å². The Morgan fingerprint density at radius 3 is 2.24 bits per heavy atom. The number of aryl methyl sites for hydroxylation is 1. The van der Waals surface area contributed by atoms with Crippen molar-refractivity contribution in [1.82, 2.24) is 4.31 Å². The number of anilines is 2. The molecule has 1 N–H and O–H groups in total. The van der Waals surface area contributed by atoms with Crippen molar-refractivity contribution in [2.24, 2.45) is 0 Å². The molecule has 0 radical (unpaired) electrons. The van der Waals surface area contributed by atoms with Crippen molar-refractivity contribution in [2.45, 2.75) is 50.3 Å². The molecular formula is C24H30N4O5S. The van der Waals surface area contributed by atoms with E-state index in [0.29, 0.717) is 30.0 Å². The summed E-state index contributed by atoms with van der Waals surface area (Å²) in [7, 11) is -3.65. The molecule has 4 rings (SSSR count). The van der Waals surface area contributed by atoms with Crippen molar-refractivity contribution in [3.63, 3.8) is 0 Å². The lowest BCUT2D eigenvalue weighted by Gasteiger charge is -2.28. The number of carbonyl (C=O) groups excluding carboxylic acids is 1. The normalized spacial score (nSPS) is 17.4. The number of nitro groups is 1. The molecule has 2 fully saturated rings. The van der Waals surface area contributed by atoms with Crippen LogP contribution >= 0.6 is 0 Å². The monoisotopic (exact) mass is 486 g/mol. The molecule has 2 aromatic carbocycles. The van der Waals surface area contributed by atoms with Crippen molar-refractivity contribution in [1.29, 1.82) is 0 Å². The van der Waals surface area contributed by atoms with Gasteiger partial charge in [-0.15, -0.1) is 0 Å². The number of amides is 1. The number of hydrogen-bond donors (Lipinski definition) is 1. The summed E-state index contributed by atoms with van der Waals surface area (Å²) in [6.45, 7) is 4.26. The second-order valence-corrected chi connectivity index (χ2v) is 10.8. The zero-order valence-corrected chi connectivity index (χ0v) is 20.1. The summed E-state index contributed by atoms with van der Waals surface area (Å²) in [5, 5.41) is 14.5. The maximum Gasteiger partial charge on any atom is 0.293 e. The number of nitro benzene ring substituents is 1. The average molecular weight is 487 g/mol. The van der Waals surface area contributed by atoms with E-state index in [9.17, 15) is 23.3 Å². The van der Waals surface area contributed by atoms with Crippen LogP contribution in [0.25, 0.3) is 0 Å². The summed E-state index contributed by atoms with van der Waals surface area (Å²) >= 11 is 0. The quantitative estimate of drug-likeness (QED) is 0.481. The Morgan fingerprint density at radius 1 is 0.941 bits per heavy atom. The van der Waals surface area contributed by atoms with Gasteiger partial charge in [0.25, 0.3) is 11.6 Å². The molecule has 1 amide bonds. The Bertz CT molecular complexity index is 1190. The number of nitrogens with zero attached hydrogens (tertiary/aromatic N) is 3. The second-order valence-electron chi connectivity index (χ2n) is 8.90. The first-order valence-corrected chi connectivity index (χ1v) is 13.2.